The molecule has 0 fully saturated rings. The van der Waals surface area contributed by atoms with Crippen LogP contribution in [0.3, 0.4) is 0 Å². The topological polar surface area (TPSA) is 51.8 Å². The van der Waals surface area contributed by atoms with Crippen molar-refractivity contribution in [2.45, 2.75) is 6.92 Å². The third-order valence-corrected chi connectivity index (χ3v) is 2.65. The van der Waals surface area contributed by atoms with Crippen molar-refractivity contribution in [3.63, 3.8) is 0 Å². The first-order valence-corrected chi connectivity index (χ1v) is 5.75. The Labute approximate surface area is 108 Å². The minimum atomic E-state index is -0.339. The van der Waals surface area contributed by atoms with E-state index in [0.717, 1.165) is 11.3 Å². The van der Waals surface area contributed by atoms with E-state index in [9.17, 15) is 4.39 Å². The highest BCUT2D eigenvalue weighted by atomic mass is 19.1. The van der Waals surface area contributed by atoms with Crippen LogP contribution in [0.2, 0.25) is 0 Å². The molecule has 2 heterocycles. The highest BCUT2D eigenvalue weighted by molar-refractivity contribution is 5.57. The zero-order valence-corrected chi connectivity index (χ0v) is 10.2. The summed E-state index contributed by atoms with van der Waals surface area (Å²) in [6, 6.07) is 9.75. The number of nitrogens with zero attached hydrogens (tertiary/aromatic N) is 3. The van der Waals surface area contributed by atoms with Crippen molar-refractivity contribution in [2.75, 3.05) is 0 Å². The quantitative estimate of drug-likeness (QED) is 0.705. The second kappa shape index (κ2) is 4.61. The number of aryl methyl sites for hydroxylation is 1. The van der Waals surface area contributed by atoms with Crippen LogP contribution in [-0.4, -0.2) is 15.2 Å². The van der Waals surface area contributed by atoms with Gasteiger partial charge in [0.2, 0.25) is 11.8 Å². The van der Waals surface area contributed by atoms with Crippen molar-refractivity contribution in [1.82, 2.24) is 15.2 Å². The molecule has 0 radical (unpaired) electrons. The maximum Gasteiger partial charge on any atom is 0.249 e. The van der Waals surface area contributed by atoms with E-state index in [-0.39, 0.29) is 11.7 Å². The zero-order valence-electron chi connectivity index (χ0n) is 10.2. The van der Waals surface area contributed by atoms with Gasteiger partial charge in [0.1, 0.15) is 5.82 Å². The highest BCUT2D eigenvalue weighted by Gasteiger charge is 2.11. The molecule has 4 nitrogen and oxygen atoms in total. The lowest BCUT2D eigenvalue weighted by atomic mass is 10.2. The van der Waals surface area contributed by atoms with Crippen molar-refractivity contribution in [1.29, 1.82) is 0 Å². The van der Waals surface area contributed by atoms with Crippen LogP contribution < -0.4 is 0 Å². The smallest absolute Gasteiger partial charge is 0.249 e. The first-order chi connectivity index (χ1) is 9.22. The second-order valence-corrected chi connectivity index (χ2v) is 4.11. The molecule has 0 unspecified atom stereocenters. The van der Waals surface area contributed by atoms with Gasteiger partial charge in [-0.2, -0.15) is 0 Å². The van der Waals surface area contributed by atoms with E-state index >= 15 is 0 Å². The molecule has 2 aromatic heterocycles. The Morgan fingerprint density at radius 2 is 1.79 bits per heavy atom. The van der Waals surface area contributed by atoms with Gasteiger partial charge in [0.05, 0.1) is 5.56 Å². The van der Waals surface area contributed by atoms with Crippen molar-refractivity contribution >= 4 is 0 Å². The predicted octanol–water partition coefficient (Wildman–Crippen LogP) is 3.25. The summed E-state index contributed by atoms with van der Waals surface area (Å²) >= 11 is 0. The van der Waals surface area contributed by atoms with Gasteiger partial charge >= 0.3 is 0 Å². The number of hydrogen-bond acceptors (Lipinski definition) is 4. The summed E-state index contributed by atoms with van der Waals surface area (Å²) in [7, 11) is 0. The largest absolute Gasteiger partial charge is 0.416 e. The van der Waals surface area contributed by atoms with Crippen LogP contribution >= 0.6 is 0 Å². The van der Waals surface area contributed by atoms with E-state index in [4.69, 9.17) is 4.42 Å². The number of rotatable bonds is 2. The van der Waals surface area contributed by atoms with Crippen molar-refractivity contribution in [2.24, 2.45) is 0 Å². The molecule has 1 aromatic carbocycles. The number of halogens is 1. The van der Waals surface area contributed by atoms with Gasteiger partial charge in [-0.05, 0) is 37.3 Å². The number of benzene rings is 1. The van der Waals surface area contributed by atoms with Gasteiger partial charge in [-0.3, -0.25) is 4.98 Å². The van der Waals surface area contributed by atoms with E-state index in [0.29, 0.717) is 11.5 Å². The molecule has 0 N–H and O–H groups in total. The number of pyridine rings is 1. The SMILES string of the molecule is Cc1ccc(-c2nnc(-c3cccc(F)c3)o2)cn1. The molecule has 0 atom stereocenters. The van der Waals surface area contributed by atoms with Gasteiger partial charge in [-0.1, -0.05) is 6.07 Å². The fraction of sp³-hybridized carbons (Fsp3) is 0.0714. The maximum atomic E-state index is 13.1. The Balaban J connectivity index is 1.97. The van der Waals surface area contributed by atoms with Crippen LogP contribution in [-0.2, 0) is 0 Å². The van der Waals surface area contributed by atoms with Crippen LogP contribution in [0.5, 0.6) is 0 Å². The minimum absolute atomic E-state index is 0.287. The molecule has 3 rings (SSSR count). The van der Waals surface area contributed by atoms with Crippen LogP contribution in [0.1, 0.15) is 5.69 Å². The van der Waals surface area contributed by atoms with E-state index in [1.165, 1.54) is 12.1 Å². The van der Waals surface area contributed by atoms with Crippen LogP contribution in [0.15, 0.2) is 47.0 Å². The molecule has 0 saturated heterocycles. The molecule has 0 bridgehead atoms. The molecule has 0 aliphatic heterocycles. The van der Waals surface area contributed by atoms with Gasteiger partial charge in [0.25, 0.3) is 0 Å². The summed E-state index contributed by atoms with van der Waals surface area (Å²) < 4.78 is 18.6. The van der Waals surface area contributed by atoms with E-state index in [2.05, 4.69) is 15.2 Å². The molecular formula is C14H10FN3O. The molecule has 0 aliphatic rings. The molecule has 5 heteroatoms. The average molecular weight is 255 g/mol. The maximum absolute atomic E-state index is 13.1. The van der Waals surface area contributed by atoms with Crippen LogP contribution in [0.25, 0.3) is 22.9 Å². The standard InChI is InChI=1S/C14H10FN3O/c1-9-5-6-11(8-16-9)14-18-17-13(19-14)10-3-2-4-12(15)7-10/h2-8H,1H3. The molecule has 0 saturated carbocycles. The molecular weight excluding hydrogens is 245 g/mol. The first kappa shape index (κ1) is 11.5. The van der Waals surface area contributed by atoms with Gasteiger partial charge in [0.15, 0.2) is 0 Å². The Hall–Kier alpha value is -2.56. The fourth-order valence-electron chi connectivity index (χ4n) is 1.67. The lowest BCUT2D eigenvalue weighted by Gasteiger charge is -1.95. The number of hydrogen-bond donors (Lipinski definition) is 0. The molecule has 3 aromatic rings. The van der Waals surface area contributed by atoms with Crippen molar-refractivity contribution in [3.8, 4) is 22.9 Å². The van der Waals surface area contributed by atoms with Gasteiger partial charge in [-0.15, -0.1) is 10.2 Å². The summed E-state index contributed by atoms with van der Waals surface area (Å²) in [6.45, 7) is 1.90. The van der Waals surface area contributed by atoms with Gasteiger partial charge in [-0.25, -0.2) is 4.39 Å². The molecule has 94 valence electrons. The number of aromatic nitrogens is 3. The summed E-state index contributed by atoms with van der Waals surface area (Å²) in [5.74, 6) is 0.316. The summed E-state index contributed by atoms with van der Waals surface area (Å²) in [5.41, 5.74) is 2.20. The van der Waals surface area contributed by atoms with Crippen LogP contribution in [0.4, 0.5) is 4.39 Å². The van der Waals surface area contributed by atoms with Gasteiger partial charge in [0, 0.05) is 17.5 Å². The normalized spacial score (nSPS) is 10.6. The molecule has 0 amide bonds. The predicted molar refractivity (Wildman–Crippen MR) is 67.7 cm³/mol. The summed E-state index contributed by atoms with van der Waals surface area (Å²) in [6.07, 6.45) is 1.66. The van der Waals surface area contributed by atoms with Gasteiger partial charge < -0.3 is 4.42 Å². The average Bonchev–Trinajstić information content (AvgIpc) is 2.89. The van der Waals surface area contributed by atoms with Crippen molar-refractivity contribution in [3.05, 3.63) is 54.1 Å². The summed E-state index contributed by atoms with van der Waals surface area (Å²) in [5, 5.41) is 7.86. The summed E-state index contributed by atoms with van der Waals surface area (Å²) in [4.78, 5) is 4.16. The first-order valence-electron chi connectivity index (χ1n) is 5.75. The lowest BCUT2D eigenvalue weighted by Crippen LogP contribution is -1.82. The monoisotopic (exact) mass is 255 g/mol. The third kappa shape index (κ3) is 2.35. The Morgan fingerprint density at radius 3 is 2.47 bits per heavy atom. The molecule has 0 aliphatic carbocycles. The Kier molecular flexibility index (Phi) is 2.79. The van der Waals surface area contributed by atoms with Crippen LogP contribution in [0, 0.1) is 12.7 Å². The second-order valence-electron chi connectivity index (χ2n) is 4.11. The molecule has 19 heavy (non-hydrogen) atoms. The minimum Gasteiger partial charge on any atom is -0.416 e. The Bertz CT molecular complexity index is 707. The van der Waals surface area contributed by atoms with E-state index < -0.39 is 0 Å². The Morgan fingerprint density at radius 1 is 1.00 bits per heavy atom. The van der Waals surface area contributed by atoms with E-state index in [1.807, 2.05) is 19.1 Å². The third-order valence-electron chi connectivity index (χ3n) is 2.65. The highest BCUT2D eigenvalue weighted by Crippen LogP contribution is 2.23. The fourth-order valence-corrected chi connectivity index (χ4v) is 1.67. The zero-order chi connectivity index (χ0) is 13.2. The molecule has 0 spiro atoms. The van der Waals surface area contributed by atoms with Crippen molar-refractivity contribution < 1.29 is 8.81 Å². The lowest BCUT2D eigenvalue weighted by molar-refractivity contribution is 0.581. The van der Waals surface area contributed by atoms with E-state index in [1.54, 1.807) is 18.3 Å².